The summed E-state index contributed by atoms with van der Waals surface area (Å²) in [7, 11) is 0. The summed E-state index contributed by atoms with van der Waals surface area (Å²) in [6, 6.07) is 8.10. The van der Waals surface area contributed by atoms with Gasteiger partial charge in [0.15, 0.2) is 0 Å². The first-order valence-corrected chi connectivity index (χ1v) is 7.94. The molecule has 0 aliphatic heterocycles. The molecule has 0 bridgehead atoms. The zero-order valence-electron chi connectivity index (χ0n) is 12.9. The first kappa shape index (κ1) is 18.1. The predicted octanol–water partition coefficient (Wildman–Crippen LogP) is 4.12. The van der Waals surface area contributed by atoms with Gasteiger partial charge in [-0.3, -0.25) is 4.79 Å². The van der Waals surface area contributed by atoms with E-state index < -0.39 is 6.61 Å². The summed E-state index contributed by atoms with van der Waals surface area (Å²) in [6.45, 7) is -1.02. The number of rotatable bonds is 7. The molecule has 1 heterocycles. The molecule has 0 aliphatic rings. The molecule has 2 N–H and O–H groups in total. The number of aryl methyl sites for hydroxylation is 1. The van der Waals surface area contributed by atoms with Crippen molar-refractivity contribution >= 4 is 27.5 Å². The lowest BCUT2D eigenvalue weighted by atomic mass is 10.1. The van der Waals surface area contributed by atoms with Gasteiger partial charge in [0.2, 0.25) is 0 Å². The van der Waals surface area contributed by atoms with E-state index >= 15 is 0 Å². The van der Waals surface area contributed by atoms with Gasteiger partial charge in [-0.2, -0.15) is 13.9 Å². The number of carbonyl (C=O) groups is 1. The predicted molar refractivity (Wildman–Crippen MR) is 90.5 cm³/mol. The van der Waals surface area contributed by atoms with Crippen LogP contribution in [0.2, 0.25) is 0 Å². The van der Waals surface area contributed by atoms with Crippen molar-refractivity contribution in [2.75, 3.05) is 0 Å². The zero-order chi connectivity index (χ0) is 17.5. The Labute approximate surface area is 146 Å². The van der Waals surface area contributed by atoms with E-state index in [9.17, 15) is 13.6 Å². The monoisotopic (exact) mass is 399 g/mol. The Morgan fingerprint density at radius 3 is 2.67 bits per heavy atom. The molecule has 0 saturated carbocycles. The van der Waals surface area contributed by atoms with Crippen LogP contribution in [0.4, 0.5) is 8.78 Å². The quantitative estimate of drug-likeness (QED) is 0.543. The van der Waals surface area contributed by atoms with E-state index in [-0.39, 0.29) is 11.7 Å². The average Bonchev–Trinajstić information content (AvgIpc) is 2.98. The van der Waals surface area contributed by atoms with Crippen LogP contribution in [0, 0.1) is 0 Å². The summed E-state index contributed by atoms with van der Waals surface area (Å²) in [5, 5.41) is 4.04. The molecular formula is C16H16BrF2N3O2. The van der Waals surface area contributed by atoms with Crippen LogP contribution in [0.15, 0.2) is 46.1 Å². The minimum atomic E-state index is -2.82. The number of benzene rings is 1. The molecule has 0 radical (unpaired) electrons. The summed E-state index contributed by atoms with van der Waals surface area (Å²) in [5.41, 5.74) is 4.60. The molecule has 2 rings (SSSR count). The minimum absolute atomic E-state index is 0.128. The molecule has 0 aliphatic carbocycles. The Morgan fingerprint density at radius 2 is 2.08 bits per heavy atom. The van der Waals surface area contributed by atoms with Crippen LogP contribution in [0.5, 0.6) is 5.75 Å². The molecule has 2 aromatic rings. The SMILES string of the molecule is C/C(CCc1ccc(OC(F)F)cc1)=N/NC(=O)c1cc(Br)c[nH]1. The number of hydrogen-bond acceptors (Lipinski definition) is 3. The third-order valence-electron chi connectivity index (χ3n) is 3.16. The van der Waals surface area contributed by atoms with Gasteiger partial charge in [0.1, 0.15) is 11.4 Å². The highest BCUT2D eigenvalue weighted by Gasteiger charge is 2.07. The van der Waals surface area contributed by atoms with E-state index in [1.807, 2.05) is 0 Å². The lowest BCUT2D eigenvalue weighted by molar-refractivity contribution is -0.0498. The number of hydrazone groups is 1. The number of nitrogens with zero attached hydrogens (tertiary/aromatic N) is 1. The Kier molecular flexibility index (Phi) is 6.48. The van der Waals surface area contributed by atoms with Gasteiger partial charge in [-0.25, -0.2) is 5.43 Å². The van der Waals surface area contributed by atoms with Crippen LogP contribution in [-0.2, 0) is 6.42 Å². The number of nitrogens with one attached hydrogen (secondary N) is 2. The zero-order valence-corrected chi connectivity index (χ0v) is 14.4. The van der Waals surface area contributed by atoms with Crippen molar-refractivity contribution in [2.24, 2.45) is 5.10 Å². The second kappa shape index (κ2) is 8.58. The van der Waals surface area contributed by atoms with Crippen molar-refractivity contribution in [3.8, 4) is 5.75 Å². The van der Waals surface area contributed by atoms with Crippen LogP contribution in [0.3, 0.4) is 0 Å². The van der Waals surface area contributed by atoms with Crippen molar-refractivity contribution in [1.82, 2.24) is 10.4 Å². The van der Waals surface area contributed by atoms with Gasteiger partial charge in [-0.1, -0.05) is 12.1 Å². The Hall–Kier alpha value is -2.22. The van der Waals surface area contributed by atoms with Gasteiger partial charge in [0.25, 0.3) is 5.91 Å². The summed E-state index contributed by atoms with van der Waals surface area (Å²) in [6.07, 6.45) is 2.96. The highest BCUT2D eigenvalue weighted by atomic mass is 79.9. The fraction of sp³-hybridized carbons (Fsp3) is 0.250. The summed E-state index contributed by atoms with van der Waals surface area (Å²) in [4.78, 5) is 14.6. The maximum absolute atomic E-state index is 12.1. The topological polar surface area (TPSA) is 66.5 Å². The summed E-state index contributed by atoms with van der Waals surface area (Å²) in [5.74, 6) is -0.197. The maximum atomic E-state index is 12.1. The smallest absolute Gasteiger partial charge is 0.387 e. The molecule has 128 valence electrons. The molecule has 1 aromatic carbocycles. The van der Waals surface area contributed by atoms with Gasteiger partial charge < -0.3 is 9.72 Å². The maximum Gasteiger partial charge on any atom is 0.387 e. The Bertz CT molecular complexity index is 714. The summed E-state index contributed by atoms with van der Waals surface area (Å²) < 4.78 is 29.2. The number of amides is 1. The van der Waals surface area contributed by atoms with E-state index in [0.717, 1.165) is 15.7 Å². The fourth-order valence-electron chi connectivity index (χ4n) is 1.92. The van der Waals surface area contributed by atoms with Crippen molar-refractivity contribution < 1.29 is 18.3 Å². The van der Waals surface area contributed by atoms with Gasteiger partial charge >= 0.3 is 6.61 Å². The molecule has 1 aromatic heterocycles. The van der Waals surface area contributed by atoms with Crippen LogP contribution < -0.4 is 10.2 Å². The molecule has 0 fully saturated rings. The van der Waals surface area contributed by atoms with Crippen molar-refractivity contribution in [3.63, 3.8) is 0 Å². The van der Waals surface area contributed by atoms with Crippen molar-refractivity contribution in [1.29, 1.82) is 0 Å². The third-order valence-corrected chi connectivity index (χ3v) is 3.62. The first-order valence-electron chi connectivity index (χ1n) is 7.15. The van der Waals surface area contributed by atoms with E-state index in [4.69, 9.17) is 0 Å². The van der Waals surface area contributed by atoms with Gasteiger partial charge in [0.05, 0.1) is 0 Å². The second-order valence-electron chi connectivity index (χ2n) is 5.04. The molecule has 0 saturated heterocycles. The van der Waals surface area contributed by atoms with Crippen LogP contribution in [-0.4, -0.2) is 23.2 Å². The molecule has 1 amide bonds. The van der Waals surface area contributed by atoms with Crippen molar-refractivity contribution in [2.45, 2.75) is 26.4 Å². The number of halogens is 3. The van der Waals surface area contributed by atoms with Crippen LogP contribution in [0.1, 0.15) is 29.4 Å². The molecule has 0 atom stereocenters. The number of aromatic amines is 1. The lowest BCUT2D eigenvalue weighted by Gasteiger charge is -2.06. The normalized spacial score (nSPS) is 11.6. The van der Waals surface area contributed by atoms with E-state index in [0.29, 0.717) is 18.5 Å². The standard InChI is InChI=1S/C16H16BrF2N3O2/c1-10(21-22-15(23)14-8-12(17)9-20-14)2-3-11-4-6-13(7-5-11)24-16(18)19/h4-9,16,20H,2-3H2,1H3,(H,22,23)/b21-10-. The fourth-order valence-corrected chi connectivity index (χ4v) is 2.27. The molecule has 5 nitrogen and oxygen atoms in total. The molecule has 0 spiro atoms. The highest BCUT2D eigenvalue weighted by Crippen LogP contribution is 2.16. The first-order chi connectivity index (χ1) is 11.4. The minimum Gasteiger partial charge on any atom is -0.435 e. The molecule has 8 heteroatoms. The third kappa shape index (κ3) is 5.77. The molecular weight excluding hydrogens is 384 g/mol. The lowest BCUT2D eigenvalue weighted by Crippen LogP contribution is -2.19. The highest BCUT2D eigenvalue weighted by molar-refractivity contribution is 9.10. The van der Waals surface area contributed by atoms with Crippen LogP contribution >= 0.6 is 15.9 Å². The van der Waals surface area contributed by atoms with Crippen molar-refractivity contribution in [3.05, 3.63) is 52.3 Å². The van der Waals surface area contributed by atoms with E-state index in [2.05, 4.69) is 36.2 Å². The van der Waals surface area contributed by atoms with Crippen LogP contribution in [0.25, 0.3) is 0 Å². The number of ether oxygens (including phenoxy) is 1. The molecule has 0 unspecified atom stereocenters. The number of H-pyrrole nitrogens is 1. The number of carbonyl (C=O) groups excluding carboxylic acids is 1. The Morgan fingerprint density at radius 1 is 1.38 bits per heavy atom. The number of alkyl halides is 2. The van der Waals surface area contributed by atoms with Gasteiger partial charge in [-0.15, -0.1) is 0 Å². The number of aromatic nitrogens is 1. The molecule has 24 heavy (non-hydrogen) atoms. The second-order valence-corrected chi connectivity index (χ2v) is 5.96. The average molecular weight is 400 g/mol. The number of hydrogen-bond donors (Lipinski definition) is 2. The Balaban J connectivity index is 1.81. The summed E-state index contributed by atoms with van der Waals surface area (Å²) >= 11 is 3.25. The largest absolute Gasteiger partial charge is 0.435 e. The van der Waals surface area contributed by atoms with E-state index in [1.54, 1.807) is 31.3 Å². The van der Waals surface area contributed by atoms with E-state index in [1.165, 1.54) is 12.1 Å². The van der Waals surface area contributed by atoms with Gasteiger partial charge in [-0.05, 0) is 59.5 Å². The van der Waals surface area contributed by atoms with Gasteiger partial charge in [0, 0.05) is 16.4 Å².